The van der Waals surface area contributed by atoms with Crippen LogP contribution in [-0.2, 0) is 0 Å². The Morgan fingerprint density at radius 1 is 1.00 bits per heavy atom. The summed E-state index contributed by atoms with van der Waals surface area (Å²) in [5.74, 6) is -0.761. The highest BCUT2D eigenvalue weighted by atomic mass is 35.5. The van der Waals surface area contributed by atoms with E-state index in [1.54, 1.807) is 30.3 Å². The summed E-state index contributed by atoms with van der Waals surface area (Å²) in [6.07, 6.45) is 2.92. The van der Waals surface area contributed by atoms with Crippen LogP contribution >= 0.6 is 23.2 Å². The van der Waals surface area contributed by atoms with Gasteiger partial charge in [0.25, 0.3) is 11.8 Å². The van der Waals surface area contributed by atoms with E-state index in [0.717, 1.165) is 5.69 Å². The summed E-state index contributed by atoms with van der Waals surface area (Å²) in [6, 6.07) is 11.5. The summed E-state index contributed by atoms with van der Waals surface area (Å²) in [5, 5.41) is 5.16. The molecule has 0 atom stereocenters. The van der Waals surface area contributed by atoms with Gasteiger partial charge in [-0.05, 0) is 42.5 Å². The topological polar surface area (TPSA) is 85.2 Å². The zero-order chi connectivity index (χ0) is 19.4. The molecule has 0 spiro atoms. The first-order valence-electron chi connectivity index (χ1n) is 7.73. The fourth-order valence-electron chi connectivity index (χ4n) is 2.28. The van der Waals surface area contributed by atoms with Gasteiger partial charge in [-0.25, -0.2) is 4.68 Å². The number of hydrogen-bond acceptors (Lipinski definition) is 4. The molecule has 0 aliphatic heterocycles. The molecule has 0 aliphatic rings. The average molecular weight is 405 g/mol. The molecule has 2 amide bonds. The number of carbonyl (C=O) groups is 2. The van der Waals surface area contributed by atoms with Gasteiger partial charge < -0.3 is 4.74 Å². The smallest absolute Gasteiger partial charge is 0.273 e. The molecule has 7 nitrogen and oxygen atoms in total. The Morgan fingerprint density at radius 2 is 1.67 bits per heavy atom. The Kier molecular flexibility index (Phi) is 5.63. The van der Waals surface area contributed by atoms with E-state index in [2.05, 4.69) is 16.0 Å². The van der Waals surface area contributed by atoms with Crippen LogP contribution in [0.1, 0.15) is 20.7 Å². The molecule has 0 radical (unpaired) electrons. The second-order valence-electron chi connectivity index (χ2n) is 5.40. The minimum absolute atomic E-state index is 0.235. The van der Waals surface area contributed by atoms with Crippen molar-refractivity contribution in [2.75, 3.05) is 7.11 Å². The van der Waals surface area contributed by atoms with Crippen molar-refractivity contribution in [2.45, 2.75) is 0 Å². The summed E-state index contributed by atoms with van der Waals surface area (Å²) in [4.78, 5) is 24.5. The van der Waals surface area contributed by atoms with Crippen LogP contribution < -0.4 is 15.6 Å². The molecule has 2 N–H and O–H groups in total. The second-order valence-corrected chi connectivity index (χ2v) is 6.28. The highest BCUT2D eigenvalue weighted by Gasteiger charge is 2.15. The number of ether oxygens (including phenoxy) is 1. The monoisotopic (exact) mass is 404 g/mol. The van der Waals surface area contributed by atoms with Crippen LogP contribution in [0.2, 0.25) is 10.0 Å². The summed E-state index contributed by atoms with van der Waals surface area (Å²) < 4.78 is 6.64. The number of carbonyl (C=O) groups excluding carboxylic acids is 2. The third-order valence-corrected chi connectivity index (χ3v) is 4.12. The van der Waals surface area contributed by atoms with E-state index >= 15 is 0 Å². The van der Waals surface area contributed by atoms with E-state index in [1.807, 2.05) is 0 Å². The molecule has 2 aromatic carbocycles. The third-order valence-electron chi connectivity index (χ3n) is 3.63. The minimum atomic E-state index is -0.540. The molecule has 0 saturated heterocycles. The summed E-state index contributed by atoms with van der Waals surface area (Å²) in [7, 11) is 1.42. The fraction of sp³-hybridized carbons (Fsp3) is 0.0556. The lowest BCUT2D eigenvalue weighted by molar-refractivity contribution is 0.0845. The Hall–Kier alpha value is -3.03. The van der Waals surface area contributed by atoms with Crippen molar-refractivity contribution in [3.05, 3.63) is 76.0 Å². The zero-order valence-corrected chi connectivity index (χ0v) is 15.6. The van der Waals surface area contributed by atoms with E-state index in [0.29, 0.717) is 15.8 Å². The van der Waals surface area contributed by atoms with Gasteiger partial charge in [0.05, 0.1) is 30.1 Å². The molecular formula is C18H14Cl2N4O3. The van der Waals surface area contributed by atoms with Crippen molar-refractivity contribution in [1.29, 1.82) is 0 Å². The number of rotatable bonds is 4. The van der Waals surface area contributed by atoms with Gasteiger partial charge in [0.15, 0.2) is 0 Å². The summed E-state index contributed by atoms with van der Waals surface area (Å²) >= 11 is 11.7. The number of amides is 2. The molecule has 0 bridgehead atoms. The van der Waals surface area contributed by atoms with E-state index in [-0.39, 0.29) is 11.1 Å². The van der Waals surface area contributed by atoms with Gasteiger partial charge in [0.1, 0.15) is 5.75 Å². The van der Waals surface area contributed by atoms with Crippen LogP contribution in [0.5, 0.6) is 5.75 Å². The standard InChI is InChI=1S/C18H14Cl2N4O3/c1-27-16-8-13(20)4-7-15(16)18(26)23-22-17(25)11-9-21-24(10-11)14-5-2-12(19)3-6-14/h2-10H,1H3,(H,22,25)(H,23,26). The SMILES string of the molecule is COc1cc(Cl)ccc1C(=O)NNC(=O)c1cnn(-c2ccc(Cl)cc2)c1. The molecule has 0 fully saturated rings. The van der Waals surface area contributed by atoms with Crippen molar-refractivity contribution in [3.8, 4) is 11.4 Å². The first-order chi connectivity index (χ1) is 13.0. The first kappa shape index (κ1) is 18.8. The van der Waals surface area contributed by atoms with Crippen LogP contribution in [0.15, 0.2) is 54.9 Å². The van der Waals surface area contributed by atoms with Crippen molar-refractivity contribution in [2.24, 2.45) is 0 Å². The molecule has 0 unspecified atom stereocenters. The van der Waals surface area contributed by atoms with Crippen LogP contribution in [0.4, 0.5) is 0 Å². The molecule has 1 heterocycles. The van der Waals surface area contributed by atoms with Gasteiger partial charge in [-0.1, -0.05) is 23.2 Å². The molecule has 3 rings (SSSR count). The number of halogens is 2. The molecule has 138 valence electrons. The number of benzene rings is 2. The van der Waals surface area contributed by atoms with Crippen LogP contribution in [0, 0.1) is 0 Å². The van der Waals surface area contributed by atoms with Crippen molar-refractivity contribution in [3.63, 3.8) is 0 Å². The summed E-state index contributed by atoms with van der Waals surface area (Å²) in [5.41, 5.74) is 5.92. The average Bonchev–Trinajstić information content (AvgIpc) is 3.16. The third kappa shape index (κ3) is 4.39. The minimum Gasteiger partial charge on any atom is -0.496 e. The maximum Gasteiger partial charge on any atom is 0.273 e. The van der Waals surface area contributed by atoms with Gasteiger partial charge >= 0.3 is 0 Å². The Morgan fingerprint density at radius 3 is 2.37 bits per heavy atom. The maximum absolute atomic E-state index is 12.2. The Balaban J connectivity index is 1.66. The van der Waals surface area contributed by atoms with Crippen molar-refractivity contribution < 1.29 is 14.3 Å². The molecule has 3 aromatic rings. The Labute approximate surface area is 164 Å². The van der Waals surface area contributed by atoms with Crippen LogP contribution in [0.25, 0.3) is 5.69 Å². The Bertz CT molecular complexity index is 987. The van der Waals surface area contributed by atoms with E-state index < -0.39 is 11.8 Å². The first-order valence-corrected chi connectivity index (χ1v) is 8.48. The lowest BCUT2D eigenvalue weighted by Gasteiger charge is -2.10. The summed E-state index contributed by atoms with van der Waals surface area (Å²) in [6.45, 7) is 0. The molecular weight excluding hydrogens is 391 g/mol. The highest BCUT2D eigenvalue weighted by molar-refractivity contribution is 6.31. The predicted octanol–water partition coefficient (Wildman–Crippen LogP) is 3.26. The number of hydrazine groups is 1. The van der Waals surface area contributed by atoms with Gasteiger partial charge in [-0.3, -0.25) is 20.4 Å². The number of nitrogens with one attached hydrogen (secondary N) is 2. The maximum atomic E-state index is 12.2. The van der Waals surface area contributed by atoms with Crippen LogP contribution in [-0.4, -0.2) is 28.7 Å². The highest BCUT2D eigenvalue weighted by Crippen LogP contribution is 2.22. The van der Waals surface area contributed by atoms with Gasteiger partial charge in [0.2, 0.25) is 0 Å². The molecule has 27 heavy (non-hydrogen) atoms. The number of methoxy groups -OCH3 is 1. The molecule has 0 saturated carbocycles. The normalized spacial score (nSPS) is 10.3. The number of hydrogen-bond donors (Lipinski definition) is 2. The van der Waals surface area contributed by atoms with Crippen molar-refractivity contribution in [1.82, 2.24) is 20.6 Å². The quantitative estimate of drug-likeness (QED) is 0.653. The zero-order valence-electron chi connectivity index (χ0n) is 14.1. The predicted molar refractivity (Wildman–Crippen MR) is 102 cm³/mol. The largest absolute Gasteiger partial charge is 0.496 e. The molecule has 9 heteroatoms. The molecule has 0 aliphatic carbocycles. The van der Waals surface area contributed by atoms with Gasteiger partial charge in [0, 0.05) is 16.2 Å². The lowest BCUT2D eigenvalue weighted by atomic mass is 10.2. The van der Waals surface area contributed by atoms with Gasteiger partial charge in [-0.2, -0.15) is 5.10 Å². The van der Waals surface area contributed by atoms with E-state index in [1.165, 1.54) is 36.3 Å². The van der Waals surface area contributed by atoms with Crippen LogP contribution in [0.3, 0.4) is 0 Å². The van der Waals surface area contributed by atoms with E-state index in [4.69, 9.17) is 27.9 Å². The molecule has 1 aromatic heterocycles. The van der Waals surface area contributed by atoms with E-state index in [9.17, 15) is 9.59 Å². The second kappa shape index (κ2) is 8.11. The lowest BCUT2D eigenvalue weighted by Crippen LogP contribution is -2.41. The van der Waals surface area contributed by atoms with Crippen molar-refractivity contribution >= 4 is 35.0 Å². The van der Waals surface area contributed by atoms with Gasteiger partial charge in [-0.15, -0.1) is 0 Å². The fourth-order valence-corrected chi connectivity index (χ4v) is 2.57. The number of nitrogens with zero attached hydrogens (tertiary/aromatic N) is 2. The number of aromatic nitrogens is 2.